The van der Waals surface area contributed by atoms with Gasteiger partial charge in [-0.15, -0.1) is 0 Å². The molecular weight excluding hydrogens is 937 g/mol. The van der Waals surface area contributed by atoms with Gasteiger partial charge in [0.05, 0.1) is 48.3 Å². The van der Waals surface area contributed by atoms with E-state index in [1.54, 1.807) is 14.2 Å². The molecule has 0 spiro atoms. The Balaban J connectivity index is 1.04. The number of hydrogen-bond donors (Lipinski definition) is 0. The molecule has 0 unspecified atom stereocenters. The average molecular weight is 991 g/mol. The van der Waals surface area contributed by atoms with E-state index in [4.69, 9.17) is 18.9 Å². The van der Waals surface area contributed by atoms with Crippen molar-refractivity contribution < 1.29 is 18.9 Å². The van der Waals surface area contributed by atoms with E-state index < -0.39 is 0 Å². The first-order valence-electron chi connectivity index (χ1n) is 25.1. The highest BCUT2D eigenvalue weighted by Gasteiger charge is 2.24. The maximum atomic E-state index is 7.02. The standard InChI is InChI=1S/C68H54N4O4/c1-73-67-42-23-21-40-65(67)71(55-34-17-7-18-35-55)59-44-57(69(51-26-9-3-10-27-51)52-28-11-4-12-29-52)46-63(48-59)75-61-38-25-39-62(50-61)76-64-47-58(70(53-30-13-5-14-31-53)54-32-15-6-16-33-54)45-60(49-64)72(56-36-19-8-20-37-56)66-41-22-24-43-68(66)74-2/h3-50H,1-2H3. The fourth-order valence-electron chi connectivity index (χ4n) is 9.48. The van der Waals surface area contributed by atoms with Crippen LogP contribution in [0.4, 0.5) is 68.2 Å². The van der Waals surface area contributed by atoms with Crippen LogP contribution in [0.2, 0.25) is 0 Å². The summed E-state index contributed by atoms with van der Waals surface area (Å²) in [5.41, 5.74) is 11.1. The predicted octanol–water partition coefficient (Wildman–Crippen LogP) is 19.2. The summed E-state index contributed by atoms with van der Waals surface area (Å²) in [6.45, 7) is 0. The topological polar surface area (TPSA) is 49.9 Å². The molecule has 0 aliphatic heterocycles. The first-order valence-corrected chi connectivity index (χ1v) is 25.1. The molecular formula is C68H54N4O4. The monoisotopic (exact) mass is 990 g/mol. The van der Waals surface area contributed by atoms with E-state index in [1.807, 2.05) is 121 Å². The molecule has 0 atom stereocenters. The Morgan fingerprint density at radius 3 is 0.776 bits per heavy atom. The SMILES string of the molecule is COc1ccccc1N(c1ccccc1)c1cc(Oc2cccc(Oc3cc(N(c4ccccc4)c4ccccc4)cc(N(c4ccccc4)c4ccccc4OC)c3)c2)cc(N(c2ccccc2)c2ccccc2)c1. The molecule has 0 N–H and O–H groups in total. The Labute approximate surface area is 444 Å². The van der Waals surface area contributed by atoms with E-state index in [9.17, 15) is 0 Å². The molecule has 11 rings (SSSR count). The van der Waals surface area contributed by atoms with Gasteiger partial charge in [-0.05, 0) is 121 Å². The van der Waals surface area contributed by atoms with Gasteiger partial charge in [0.25, 0.3) is 0 Å². The van der Waals surface area contributed by atoms with Crippen LogP contribution in [0.3, 0.4) is 0 Å². The fraction of sp³-hybridized carbons (Fsp3) is 0.0294. The lowest BCUT2D eigenvalue weighted by atomic mass is 10.1. The van der Waals surface area contributed by atoms with Gasteiger partial charge in [-0.2, -0.15) is 0 Å². The highest BCUT2D eigenvalue weighted by molar-refractivity contribution is 5.88. The molecule has 0 amide bonds. The maximum Gasteiger partial charge on any atom is 0.142 e. The lowest BCUT2D eigenvalue weighted by Gasteiger charge is -2.30. The van der Waals surface area contributed by atoms with Gasteiger partial charge in [0.1, 0.15) is 34.5 Å². The summed E-state index contributed by atoms with van der Waals surface area (Å²) in [5, 5.41) is 0. The van der Waals surface area contributed by atoms with Gasteiger partial charge in [0.15, 0.2) is 0 Å². The Morgan fingerprint density at radius 1 is 0.211 bits per heavy atom. The van der Waals surface area contributed by atoms with Gasteiger partial charge in [-0.1, -0.05) is 140 Å². The summed E-state index contributed by atoms with van der Waals surface area (Å²) in [6, 6.07) is 98.7. The van der Waals surface area contributed by atoms with Crippen LogP contribution in [0, 0.1) is 0 Å². The van der Waals surface area contributed by atoms with E-state index in [2.05, 4.69) is 189 Å². The highest BCUT2D eigenvalue weighted by Crippen LogP contribution is 2.48. The van der Waals surface area contributed by atoms with Crippen molar-refractivity contribution in [3.63, 3.8) is 0 Å². The first kappa shape index (κ1) is 48.1. The molecule has 0 fully saturated rings. The van der Waals surface area contributed by atoms with Gasteiger partial charge < -0.3 is 38.5 Å². The lowest BCUT2D eigenvalue weighted by Crippen LogP contribution is -2.14. The van der Waals surface area contributed by atoms with E-state index >= 15 is 0 Å². The van der Waals surface area contributed by atoms with Gasteiger partial charge in [0.2, 0.25) is 0 Å². The summed E-state index contributed by atoms with van der Waals surface area (Å²) in [7, 11) is 3.40. The minimum absolute atomic E-state index is 0.585. The smallest absolute Gasteiger partial charge is 0.142 e. The molecule has 11 aromatic rings. The summed E-state index contributed by atoms with van der Waals surface area (Å²) in [6.07, 6.45) is 0. The summed E-state index contributed by atoms with van der Waals surface area (Å²) < 4.78 is 26.1. The largest absolute Gasteiger partial charge is 0.495 e. The molecule has 8 heteroatoms. The van der Waals surface area contributed by atoms with Crippen molar-refractivity contribution in [3.8, 4) is 34.5 Å². The fourth-order valence-corrected chi connectivity index (χ4v) is 9.48. The zero-order chi connectivity index (χ0) is 51.5. The van der Waals surface area contributed by atoms with Crippen molar-refractivity contribution in [1.29, 1.82) is 0 Å². The third kappa shape index (κ3) is 10.6. The summed E-state index contributed by atoms with van der Waals surface area (Å²) in [4.78, 5) is 8.88. The Hall–Kier alpha value is -10.2. The molecule has 0 heterocycles. The molecule has 0 aliphatic carbocycles. The van der Waals surface area contributed by atoms with E-state index in [1.165, 1.54) is 0 Å². The Kier molecular flexibility index (Phi) is 14.4. The first-order chi connectivity index (χ1) is 37.6. The van der Waals surface area contributed by atoms with Crippen LogP contribution in [-0.4, -0.2) is 14.2 Å². The van der Waals surface area contributed by atoms with Crippen LogP contribution >= 0.6 is 0 Å². The molecule has 370 valence electrons. The van der Waals surface area contributed by atoms with Crippen LogP contribution in [0.15, 0.2) is 291 Å². The second kappa shape index (κ2) is 22.7. The highest BCUT2D eigenvalue weighted by atomic mass is 16.5. The van der Waals surface area contributed by atoms with Gasteiger partial charge >= 0.3 is 0 Å². The predicted molar refractivity (Wildman–Crippen MR) is 311 cm³/mol. The van der Waals surface area contributed by atoms with Crippen LogP contribution in [0.5, 0.6) is 34.5 Å². The third-order valence-corrected chi connectivity index (χ3v) is 12.8. The summed E-state index contributed by atoms with van der Waals surface area (Å²) in [5.74, 6) is 3.84. The summed E-state index contributed by atoms with van der Waals surface area (Å²) >= 11 is 0. The van der Waals surface area contributed by atoms with E-state index in [0.29, 0.717) is 23.0 Å². The number of benzene rings is 11. The quantitative estimate of drug-likeness (QED) is 0.0843. The zero-order valence-corrected chi connectivity index (χ0v) is 42.1. The molecule has 76 heavy (non-hydrogen) atoms. The lowest BCUT2D eigenvalue weighted by molar-refractivity contribution is 0.416. The van der Waals surface area contributed by atoms with Gasteiger partial charge in [-0.3, -0.25) is 0 Å². The molecule has 0 saturated heterocycles. The third-order valence-electron chi connectivity index (χ3n) is 12.8. The minimum atomic E-state index is 0.585. The van der Waals surface area contributed by atoms with Crippen molar-refractivity contribution in [1.82, 2.24) is 0 Å². The van der Waals surface area contributed by atoms with Crippen LogP contribution in [0.1, 0.15) is 0 Å². The number of nitrogens with zero attached hydrogens (tertiary/aromatic N) is 4. The number of para-hydroxylation sites is 10. The van der Waals surface area contributed by atoms with Crippen LogP contribution < -0.4 is 38.5 Å². The molecule has 0 aliphatic rings. The van der Waals surface area contributed by atoms with Crippen LogP contribution in [0.25, 0.3) is 0 Å². The molecule has 0 aromatic heterocycles. The maximum absolute atomic E-state index is 7.02. The average Bonchev–Trinajstić information content (AvgIpc) is 3.51. The molecule has 0 saturated carbocycles. The minimum Gasteiger partial charge on any atom is -0.495 e. The number of methoxy groups -OCH3 is 2. The van der Waals surface area contributed by atoms with Crippen molar-refractivity contribution in [2.24, 2.45) is 0 Å². The number of hydrogen-bond acceptors (Lipinski definition) is 8. The van der Waals surface area contributed by atoms with Gasteiger partial charge in [-0.25, -0.2) is 0 Å². The van der Waals surface area contributed by atoms with Crippen molar-refractivity contribution in [2.75, 3.05) is 33.8 Å². The van der Waals surface area contributed by atoms with E-state index in [-0.39, 0.29) is 0 Å². The van der Waals surface area contributed by atoms with Gasteiger partial charge in [0, 0.05) is 64.5 Å². The molecule has 8 nitrogen and oxygen atoms in total. The number of ether oxygens (including phenoxy) is 4. The molecule has 11 aromatic carbocycles. The number of anilines is 12. The molecule has 0 radical (unpaired) electrons. The van der Waals surface area contributed by atoms with Crippen LogP contribution in [-0.2, 0) is 0 Å². The molecule has 0 bridgehead atoms. The zero-order valence-electron chi connectivity index (χ0n) is 42.1. The second-order valence-corrected chi connectivity index (χ2v) is 17.7. The Morgan fingerprint density at radius 2 is 0.474 bits per heavy atom. The number of rotatable bonds is 18. The van der Waals surface area contributed by atoms with Crippen molar-refractivity contribution in [3.05, 3.63) is 291 Å². The van der Waals surface area contributed by atoms with Crippen molar-refractivity contribution >= 4 is 68.2 Å². The second-order valence-electron chi connectivity index (χ2n) is 17.7. The Bertz CT molecular complexity index is 3330. The van der Waals surface area contributed by atoms with Crippen molar-refractivity contribution in [2.45, 2.75) is 0 Å². The normalized spacial score (nSPS) is 10.8. The van der Waals surface area contributed by atoms with E-state index in [0.717, 1.165) is 79.7 Å².